The molecule has 1 aliphatic rings. The maximum atomic E-state index is 12.2. The van der Waals surface area contributed by atoms with Crippen molar-refractivity contribution < 1.29 is 14.6 Å². The SMILES string of the molecule is COc1ccccc1CCC(=O)N1CCC(O)C(C)C1. The summed E-state index contributed by atoms with van der Waals surface area (Å²) >= 11 is 0. The van der Waals surface area contributed by atoms with Crippen LogP contribution in [0, 0.1) is 5.92 Å². The molecule has 0 aromatic heterocycles. The molecule has 1 fully saturated rings. The lowest BCUT2D eigenvalue weighted by atomic mass is 9.96. The van der Waals surface area contributed by atoms with Gasteiger partial charge in [0.15, 0.2) is 0 Å². The van der Waals surface area contributed by atoms with Crippen molar-refractivity contribution in [2.45, 2.75) is 32.3 Å². The number of carbonyl (C=O) groups is 1. The van der Waals surface area contributed by atoms with E-state index in [0.717, 1.165) is 11.3 Å². The van der Waals surface area contributed by atoms with Crippen molar-refractivity contribution in [3.63, 3.8) is 0 Å². The van der Waals surface area contributed by atoms with E-state index in [1.165, 1.54) is 0 Å². The molecular formula is C16H23NO3. The number of aliphatic hydroxyl groups is 1. The first-order valence-electron chi connectivity index (χ1n) is 7.19. The number of nitrogens with zero attached hydrogens (tertiary/aromatic N) is 1. The summed E-state index contributed by atoms with van der Waals surface area (Å²) in [6.07, 6.45) is 1.59. The summed E-state index contributed by atoms with van der Waals surface area (Å²) in [5.41, 5.74) is 1.06. The first kappa shape index (κ1) is 14.9. The topological polar surface area (TPSA) is 49.8 Å². The van der Waals surface area contributed by atoms with Crippen molar-refractivity contribution in [3.8, 4) is 5.75 Å². The average Bonchev–Trinajstić information content (AvgIpc) is 2.47. The predicted molar refractivity (Wildman–Crippen MR) is 77.7 cm³/mol. The highest BCUT2D eigenvalue weighted by atomic mass is 16.5. The maximum absolute atomic E-state index is 12.2. The van der Waals surface area contributed by atoms with Crippen LogP contribution in [-0.2, 0) is 11.2 Å². The van der Waals surface area contributed by atoms with E-state index < -0.39 is 0 Å². The molecule has 110 valence electrons. The first-order chi connectivity index (χ1) is 9.61. The third-order valence-electron chi connectivity index (χ3n) is 4.01. The minimum atomic E-state index is -0.270. The van der Waals surface area contributed by atoms with Gasteiger partial charge < -0.3 is 14.7 Å². The van der Waals surface area contributed by atoms with Gasteiger partial charge in [0.1, 0.15) is 5.75 Å². The molecule has 2 rings (SSSR count). The van der Waals surface area contributed by atoms with Crippen molar-refractivity contribution in [2.75, 3.05) is 20.2 Å². The molecule has 20 heavy (non-hydrogen) atoms. The van der Waals surface area contributed by atoms with Gasteiger partial charge in [0, 0.05) is 19.5 Å². The van der Waals surface area contributed by atoms with Gasteiger partial charge in [-0.15, -0.1) is 0 Å². The van der Waals surface area contributed by atoms with Crippen molar-refractivity contribution in [1.29, 1.82) is 0 Å². The van der Waals surface area contributed by atoms with Crippen LogP contribution < -0.4 is 4.74 Å². The second-order valence-corrected chi connectivity index (χ2v) is 5.48. The number of hydrogen-bond acceptors (Lipinski definition) is 3. The lowest BCUT2D eigenvalue weighted by Gasteiger charge is -2.34. The van der Waals surface area contributed by atoms with Crippen LogP contribution in [0.25, 0.3) is 0 Å². The van der Waals surface area contributed by atoms with Crippen LogP contribution in [0.1, 0.15) is 25.3 Å². The molecule has 4 nitrogen and oxygen atoms in total. The van der Waals surface area contributed by atoms with Crippen LogP contribution in [0.3, 0.4) is 0 Å². The molecule has 1 N–H and O–H groups in total. The number of amides is 1. The summed E-state index contributed by atoms with van der Waals surface area (Å²) in [6, 6.07) is 7.80. The molecule has 2 unspecified atom stereocenters. The third-order valence-corrected chi connectivity index (χ3v) is 4.01. The zero-order chi connectivity index (χ0) is 14.5. The van der Waals surface area contributed by atoms with Crippen molar-refractivity contribution in [3.05, 3.63) is 29.8 Å². The Hall–Kier alpha value is -1.55. The van der Waals surface area contributed by atoms with Gasteiger partial charge in [-0.1, -0.05) is 25.1 Å². The second-order valence-electron chi connectivity index (χ2n) is 5.48. The molecule has 0 aliphatic carbocycles. The normalized spacial score (nSPS) is 22.6. The summed E-state index contributed by atoms with van der Waals surface area (Å²) in [7, 11) is 1.65. The Balaban J connectivity index is 1.89. The molecule has 1 aromatic carbocycles. The van der Waals surface area contributed by atoms with Gasteiger partial charge in [-0.2, -0.15) is 0 Å². The molecule has 0 radical (unpaired) electrons. The molecule has 0 bridgehead atoms. The molecule has 1 heterocycles. The Morgan fingerprint density at radius 2 is 2.20 bits per heavy atom. The second kappa shape index (κ2) is 6.75. The van der Waals surface area contributed by atoms with Crippen LogP contribution in [0.4, 0.5) is 0 Å². The van der Waals surface area contributed by atoms with E-state index in [0.29, 0.717) is 32.4 Å². The molecule has 4 heteroatoms. The van der Waals surface area contributed by atoms with E-state index >= 15 is 0 Å². The summed E-state index contributed by atoms with van der Waals surface area (Å²) in [5.74, 6) is 1.16. The van der Waals surface area contributed by atoms with Gasteiger partial charge in [0.2, 0.25) is 5.91 Å². The van der Waals surface area contributed by atoms with E-state index in [-0.39, 0.29) is 17.9 Å². The number of rotatable bonds is 4. The van der Waals surface area contributed by atoms with E-state index in [2.05, 4.69) is 0 Å². The zero-order valence-corrected chi connectivity index (χ0v) is 12.2. The average molecular weight is 277 g/mol. The summed E-state index contributed by atoms with van der Waals surface area (Å²) in [6.45, 7) is 3.31. The Morgan fingerprint density at radius 3 is 2.90 bits per heavy atom. The van der Waals surface area contributed by atoms with Crippen molar-refractivity contribution in [2.24, 2.45) is 5.92 Å². The fourth-order valence-corrected chi connectivity index (χ4v) is 2.67. The zero-order valence-electron chi connectivity index (χ0n) is 12.2. The van der Waals surface area contributed by atoms with Gasteiger partial charge in [-0.3, -0.25) is 4.79 Å². The molecule has 0 spiro atoms. The van der Waals surface area contributed by atoms with E-state index in [1.807, 2.05) is 36.1 Å². The molecular weight excluding hydrogens is 254 g/mol. The molecule has 0 saturated carbocycles. The third kappa shape index (κ3) is 3.51. The summed E-state index contributed by atoms with van der Waals surface area (Å²) < 4.78 is 5.30. The fourth-order valence-electron chi connectivity index (χ4n) is 2.67. The number of piperidine rings is 1. The van der Waals surface area contributed by atoms with Crippen LogP contribution in [-0.4, -0.2) is 42.2 Å². The number of para-hydroxylation sites is 1. The molecule has 1 aromatic rings. The van der Waals surface area contributed by atoms with Crippen LogP contribution in [0.5, 0.6) is 5.75 Å². The number of benzene rings is 1. The van der Waals surface area contributed by atoms with Gasteiger partial charge >= 0.3 is 0 Å². The largest absolute Gasteiger partial charge is 0.496 e. The lowest BCUT2D eigenvalue weighted by Crippen LogP contribution is -2.45. The van der Waals surface area contributed by atoms with Crippen LogP contribution >= 0.6 is 0 Å². The number of aliphatic hydroxyl groups excluding tert-OH is 1. The minimum absolute atomic E-state index is 0.162. The number of aryl methyl sites for hydroxylation is 1. The molecule has 1 amide bonds. The highest BCUT2D eigenvalue weighted by Gasteiger charge is 2.26. The predicted octanol–water partition coefficient (Wildman–Crippen LogP) is 1.86. The standard InChI is InChI=1S/C16H23NO3/c1-12-11-17(10-9-14(12)18)16(19)8-7-13-5-3-4-6-15(13)20-2/h3-6,12,14,18H,7-11H2,1-2H3. The van der Waals surface area contributed by atoms with Crippen molar-refractivity contribution in [1.82, 2.24) is 4.90 Å². The Morgan fingerprint density at radius 1 is 1.45 bits per heavy atom. The van der Waals surface area contributed by atoms with Gasteiger partial charge in [-0.05, 0) is 30.4 Å². The Kier molecular flexibility index (Phi) is 5.01. The quantitative estimate of drug-likeness (QED) is 0.914. The molecule has 1 aliphatic heterocycles. The Labute approximate surface area is 120 Å². The monoisotopic (exact) mass is 277 g/mol. The van der Waals surface area contributed by atoms with Gasteiger partial charge in [0.25, 0.3) is 0 Å². The van der Waals surface area contributed by atoms with Gasteiger partial charge in [-0.25, -0.2) is 0 Å². The van der Waals surface area contributed by atoms with E-state index in [1.54, 1.807) is 7.11 Å². The number of hydrogen-bond donors (Lipinski definition) is 1. The molecule has 1 saturated heterocycles. The fraction of sp³-hybridized carbons (Fsp3) is 0.562. The highest BCUT2D eigenvalue weighted by Crippen LogP contribution is 2.21. The summed E-state index contributed by atoms with van der Waals surface area (Å²) in [4.78, 5) is 14.1. The molecule has 2 atom stereocenters. The van der Waals surface area contributed by atoms with E-state index in [4.69, 9.17) is 4.74 Å². The number of carbonyl (C=O) groups excluding carboxylic acids is 1. The lowest BCUT2D eigenvalue weighted by molar-refractivity contribution is -0.134. The first-order valence-corrected chi connectivity index (χ1v) is 7.19. The maximum Gasteiger partial charge on any atom is 0.222 e. The number of likely N-dealkylation sites (tertiary alicyclic amines) is 1. The highest BCUT2D eigenvalue weighted by molar-refractivity contribution is 5.76. The summed E-state index contributed by atoms with van der Waals surface area (Å²) in [5, 5.41) is 9.70. The van der Waals surface area contributed by atoms with Crippen LogP contribution in [0.2, 0.25) is 0 Å². The minimum Gasteiger partial charge on any atom is -0.496 e. The smallest absolute Gasteiger partial charge is 0.222 e. The van der Waals surface area contributed by atoms with Crippen LogP contribution in [0.15, 0.2) is 24.3 Å². The number of ether oxygens (including phenoxy) is 1. The van der Waals surface area contributed by atoms with E-state index in [9.17, 15) is 9.90 Å². The Bertz CT molecular complexity index is 461. The van der Waals surface area contributed by atoms with Gasteiger partial charge in [0.05, 0.1) is 13.2 Å². The number of methoxy groups -OCH3 is 1. The van der Waals surface area contributed by atoms with Crippen molar-refractivity contribution >= 4 is 5.91 Å².